The van der Waals surface area contributed by atoms with Crippen LogP contribution in [0.3, 0.4) is 0 Å². The van der Waals surface area contributed by atoms with Gasteiger partial charge in [-0.05, 0) is 48.9 Å². The maximum Gasteiger partial charge on any atom is 0.252 e. The van der Waals surface area contributed by atoms with Crippen LogP contribution < -0.4 is 14.8 Å². The van der Waals surface area contributed by atoms with E-state index in [1.165, 1.54) is 0 Å². The first-order chi connectivity index (χ1) is 12.6. The molecule has 1 amide bonds. The van der Waals surface area contributed by atoms with Gasteiger partial charge in [0, 0.05) is 29.7 Å². The fraction of sp³-hybridized carbons (Fsp3) is 0.190. The molecule has 26 heavy (non-hydrogen) atoms. The second-order valence-corrected chi connectivity index (χ2v) is 5.98. The number of hydrogen-bond donors (Lipinski definition) is 1. The molecule has 3 rings (SSSR count). The van der Waals surface area contributed by atoms with Crippen molar-refractivity contribution in [3.05, 3.63) is 78.1 Å². The van der Waals surface area contributed by atoms with Gasteiger partial charge in [0.25, 0.3) is 5.91 Å². The average Bonchev–Trinajstić information content (AvgIpc) is 3.22. The molecule has 0 aliphatic heterocycles. The van der Waals surface area contributed by atoms with Crippen molar-refractivity contribution in [2.24, 2.45) is 0 Å². The van der Waals surface area contributed by atoms with Gasteiger partial charge in [-0.25, -0.2) is 0 Å². The summed E-state index contributed by atoms with van der Waals surface area (Å²) >= 11 is 0. The summed E-state index contributed by atoms with van der Waals surface area (Å²) in [7, 11) is 3.12. The Morgan fingerprint density at radius 3 is 2.08 bits per heavy atom. The Bertz CT molecular complexity index is 849. The van der Waals surface area contributed by atoms with Crippen molar-refractivity contribution < 1.29 is 14.3 Å². The first-order valence-electron chi connectivity index (χ1n) is 8.38. The third-order valence-electron chi connectivity index (χ3n) is 4.26. The Morgan fingerprint density at radius 2 is 1.54 bits per heavy atom. The lowest BCUT2D eigenvalue weighted by atomic mass is 10.1. The minimum Gasteiger partial charge on any atom is -0.497 e. The summed E-state index contributed by atoms with van der Waals surface area (Å²) in [6.07, 6.45) is 3.99. The van der Waals surface area contributed by atoms with Gasteiger partial charge in [0.2, 0.25) is 0 Å². The van der Waals surface area contributed by atoms with Crippen molar-refractivity contribution in [3.63, 3.8) is 0 Å². The molecule has 1 atom stereocenters. The molecule has 1 unspecified atom stereocenters. The number of benzene rings is 2. The standard InChI is InChI=1S/C21H22N2O3/c1-15(16-6-8-18(9-7-16)23-10-4-5-11-23)22-21(24)17-12-19(25-2)14-20(13-17)26-3/h4-15H,1-3H3,(H,22,24). The zero-order chi connectivity index (χ0) is 18.5. The van der Waals surface area contributed by atoms with Crippen LogP contribution >= 0.6 is 0 Å². The molecule has 1 heterocycles. The number of amides is 1. The predicted octanol–water partition coefficient (Wildman–Crippen LogP) is 3.99. The first kappa shape index (κ1) is 17.6. The van der Waals surface area contributed by atoms with Gasteiger partial charge >= 0.3 is 0 Å². The molecule has 134 valence electrons. The summed E-state index contributed by atoms with van der Waals surface area (Å²) in [6.45, 7) is 1.96. The molecule has 0 saturated carbocycles. The largest absolute Gasteiger partial charge is 0.497 e. The lowest BCUT2D eigenvalue weighted by Crippen LogP contribution is -2.26. The van der Waals surface area contributed by atoms with Gasteiger partial charge in [0.05, 0.1) is 20.3 Å². The van der Waals surface area contributed by atoms with Gasteiger partial charge in [0.15, 0.2) is 0 Å². The van der Waals surface area contributed by atoms with E-state index in [2.05, 4.69) is 5.32 Å². The zero-order valence-electron chi connectivity index (χ0n) is 15.1. The van der Waals surface area contributed by atoms with Crippen LogP contribution in [-0.4, -0.2) is 24.7 Å². The van der Waals surface area contributed by atoms with Crippen LogP contribution in [0.1, 0.15) is 28.9 Å². The molecular weight excluding hydrogens is 328 g/mol. The monoisotopic (exact) mass is 350 g/mol. The van der Waals surface area contributed by atoms with Crippen LogP contribution in [-0.2, 0) is 0 Å². The average molecular weight is 350 g/mol. The Kier molecular flexibility index (Phi) is 5.27. The summed E-state index contributed by atoms with van der Waals surface area (Å²) in [5.41, 5.74) is 2.61. The van der Waals surface area contributed by atoms with Crippen molar-refractivity contribution in [1.82, 2.24) is 9.88 Å². The molecule has 3 aromatic rings. The maximum absolute atomic E-state index is 12.6. The topological polar surface area (TPSA) is 52.5 Å². The number of ether oxygens (including phenoxy) is 2. The van der Waals surface area contributed by atoms with Crippen LogP contribution in [0.2, 0.25) is 0 Å². The van der Waals surface area contributed by atoms with E-state index in [1.54, 1.807) is 32.4 Å². The van der Waals surface area contributed by atoms with Crippen molar-refractivity contribution in [2.75, 3.05) is 14.2 Å². The first-order valence-corrected chi connectivity index (χ1v) is 8.38. The summed E-state index contributed by atoms with van der Waals surface area (Å²) in [4.78, 5) is 12.6. The lowest BCUT2D eigenvalue weighted by Gasteiger charge is -2.16. The van der Waals surface area contributed by atoms with E-state index in [0.717, 1.165) is 11.3 Å². The van der Waals surface area contributed by atoms with Gasteiger partial charge in [0.1, 0.15) is 11.5 Å². The highest BCUT2D eigenvalue weighted by atomic mass is 16.5. The summed E-state index contributed by atoms with van der Waals surface area (Å²) in [5.74, 6) is 0.987. The quantitative estimate of drug-likeness (QED) is 0.731. The second-order valence-electron chi connectivity index (χ2n) is 5.98. The molecule has 0 spiro atoms. The molecular formula is C21H22N2O3. The van der Waals surface area contributed by atoms with Crippen molar-refractivity contribution in [2.45, 2.75) is 13.0 Å². The number of aromatic nitrogens is 1. The maximum atomic E-state index is 12.6. The summed E-state index contributed by atoms with van der Waals surface area (Å²) in [5, 5.41) is 3.01. The fourth-order valence-corrected chi connectivity index (χ4v) is 2.74. The number of rotatable bonds is 6. The van der Waals surface area contributed by atoms with Gasteiger partial charge < -0.3 is 19.4 Å². The molecule has 2 aromatic carbocycles. The number of carbonyl (C=O) groups excluding carboxylic acids is 1. The van der Waals surface area contributed by atoms with Gasteiger partial charge in [-0.2, -0.15) is 0 Å². The van der Waals surface area contributed by atoms with Crippen LogP contribution in [0.15, 0.2) is 67.0 Å². The number of methoxy groups -OCH3 is 2. The smallest absolute Gasteiger partial charge is 0.252 e. The van der Waals surface area contributed by atoms with Gasteiger partial charge in [-0.3, -0.25) is 4.79 Å². The van der Waals surface area contributed by atoms with E-state index in [-0.39, 0.29) is 11.9 Å². The third kappa shape index (κ3) is 3.88. The van der Waals surface area contributed by atoms with Crippen LogP contribution in [0, 0.1) is 0 Å². The molecule has 1 N–H and O–H groups in total. The number of nitrogens with one attached hydrogen (secondary N) is 1. The van der Waals surface area contributed by atoms with E-state index in [1.807, 2.05) is 60.3 Å². The van der Waals surface area contributed by atoms with E-state index in [9.17, 15) is 4.79 Å². The van der Waals surface area contributed by atoms with Crippen molar-refractivity contribution in [1.29, 1.82) is 0 Å². The number of carbonyl (C=O) groups is 1. The third-order valence-corrected chi connectivity index (χ3v) is 4.26. The normalized spacial score (nSPS) is 11.7. The molecule has 0 aliphatic rings. The molecule has 0 bridgehead atoms. The highest BCUT2D eigenvalue weighted by molar-refractivity contribution is 5.95. The molecule has 0 saturated heterocycles. The van der Waals surface area contributed by atoms with Crippen LogP contribution in [0.25, 0.3) is 5.69 Å². The van der Waals surface area contributed by atoms with E-state index in [0.29, 0.717) is 17.1 Å². The van der Waals surface area contributed by atoms with Gasteiger partial charge in [-0.15, -0.1) is 0 Å². The number of hydrogen-bond acceptors (Lipinski definition) is 3. The Labute approximate surface area is 153 Å². The molecule has 1 aromatic heterocycles. The lowest BCUT2D eigenvalue weighted by molar-refractivity contribution is 0.0939. The fourth-order valence-electron chi connectivity index (χ4n) is 2.74. The zero-order valence-corrected chi connectivity index (χ0v) is 15.1. The van der Waals surface area contributed by atoms with E-state index < -0.39 is 0 Å². The molecule has 5 heteroatoms. The molecule has 0 aliphatic carbocycles. The van der Waals surface area contributed by atoms with E-state index in [4.69, 9.17) is 9.47 Å². The second kappa shape index (κ2) is 7.78. The van der Waals surface area contributed by atoms with Crippen molar-refractivity contribution >= 4 is 5.91 Å². The van der Waals surface area contributed by atoms with Crippen LogP contribution in [0.4, 0.5) is 0 Å². The highest BCUT2D eigenvalue weighted by Gasteiger charge is 2.14. The Balaban J connectivity index is 1.73. The molecule has 5 nitrogen and oxygen atoms in total. The van der Waals surface area contributed by atoms with E-state index >= 15 is 0 Å². The summed E-state index contributed by atoms with van der Waals surface area (Å²) < 4.78 is 12.5. The predicted molar refractivity (Wildman–Crippen MR) is 101 cm³/mol. The Hall–Kier alpha value is -3.21. The minimum atomic E-state index is -0.177. The van der Waals surface area contributed by atoms with Crippen LogP contribution in [0.5, 0.6) is 11.5 Å². The molecule has 0 radical (unpaired) electrons. The molecule has 0 fully saturated rings. The van der Waals surface area contributed by atoms with Crippen molar-refractivity contribution in [3.8, 4) is 17.2 Å². The Morgan fingerprint density at radius 1 is 0.962 bits per heavy atom. The number of nitrogens with zero attached hydrogens (tertiary/aromatic N) is 1. The SMILES string of the molecule is COc1cc(OC)cc(C(=O)NC(C)c2ccc(-n3cccc3)cc2)c1. The highest BCUT2D eigenvalue weighted by Crippen LogP contribution is 2.23. The van der Waals surface area contributed by atoms with Gasteiger partial charge in [-0.1, -0.05) is 12.1 Å². The minimum absolute atomic E-state index is 0.126. The summed E-state index contributed by atoms with van der Waals surface area (Å²) in [6, 6.07) is 17.1.